The molecule has 0 saturated heterocycles. The summed E-state index contributed by atoms with van der Waals surface area (Å²) in [5.74, 6) is 0. The standard InChI is InChI=1S/C11H22O5/c1-3-4-6-14-8-9-15-7-5-10(2)16-11(12)13/h10H,3-9H2,1-2H3,(H,12,13). The molecule has 96 valence electrons. The van der Waals surface area contributed by atoms with Gasteiger partial charge in [-0.1, -0.05) is 13.3 Å². The second-order valence-electron chi connectivity index (χ2n) is 3.56. The van der Waals surface area contributed by atoms with Crippen LogP contribution in [-0.4, -0.2) is 43.8 Å². The highest BCUT2D eigenvalue weighted by Gasteiger charge is 2.06. The third-order valence-corrected chi connectivity index (χ3v) is 1.98. The van der Waals surface area contributed by atoms with E-state index in [1.807, 2.05) is 0 Å². The third-order valence-electron chi connectivity index (χ3n) is 1.98. The highest BCUT2D eigenvalue weighted by Crippen LogP contribution is 1.98. The molecule has 0 fully saturated rings. The zero-order valence-corrected chi connectivity index (χ0v) is 10.1. The van der Waals surface area contributed by atoms with Gasteiger partial charge in [0, 0.05) is 13.0 Å². The van der Waals surface area contributed by atoms with Gasteiger partial charge >= 0.3 is 6.16 Å². The van der Waals surface area contributed by atoms with Gasteiger partial charge in [-0.05, 0) is 13.3 Å². The summed E-state index contributed by atoms with van der Waals surface area (Å²) in [5.41, 5.74) is 0. The summed E-state index contributed by atoms with van der Waals surface area (Å²) in [6.45, 7) is 6.22. The molecule has 1 atom stereocenters. The number of carbonyl (C=O) groups is 1. The second kappa shape index (κ2) is 10.7. The first-order valence-corrected chi connectivity index (χ1v) is 5.71. The van der Waals surface area contributed by atoms with Gasteiger partial charge in [0.15, 0.2) is 0 Å². The molecule has 0 aliphatic rings. The Morgan fingerprint density at radius 3 is 2.38 bits per heavy atom. The first-order valence-electron chi connectivity index (χ1n) is 5.71. The average Bonchev–Trinajstić information content (AvgIpc) is 2.21. The number of rotatable bonds is 10. The maximum Gasteiger partial charge on any atom is 0.506 e. The van der Waals surface area contributed by atoms with Crippen LogP contribution < -0.4 is 0 Å². The molecule has 0 heterocycles. The summed E-state index contributed by atoms with van der Waals surface area (Å²) in [6.07, 6.45) is 1.21. The number of carboxylic acid groups (broad SMARTS) is 1. The maximum absolute atomic E-state index is 10.2. The van der Waals surface area contributed by atoms with Gasteiger partial charge in [0.2, 0.25) is 0 Å². The van der Waals surface area contributed by atoms with E-state index in [0.717, 1.165) is 19.4 Å². The van der Waals surface area contributed by atoms with Crippen LogP contribution in [0.25, 0.3) is 0 Å². The van der Waals surface area contributed by atoms with E-state index in [-0.39, 0.29) is 6.10 Å². The van der Waals surface area contributed by atoms with E-state index in [4.69, 9.17) is 14.6 Å². The molecule has 0 amide bonds. The highest BCUT2D eigenvalue weighted by atomic mass is 16.7. The highest BCUT2D eigenvalue weighted by molar-refractivity contribution is 5.56. The average molecular weight is 234 g/mol. The lowest BCUT2D eigenvalue weighted by Gasteiger charge is -2.10. The molecular formula is C11H22O5. The van der Waals surface area contributed by atoms with Crippen LogP contribution in [0.2, 0.25) is 0 Å². The van der Waals surface area contributed by atoms with Crippen LogP contribution in [0.4, 0.5) is 4.79 Å². The van der Waals surface area contributed by atoms with Crippen molar-refractivity contribution in [1.82, 2.24) is 0 Å². The zero-order chi connectivity index (χ0) is 12.2. The molecule has 0 aromatic rings. The minimum absolute atomic E-state index is 0.321. The number of hydrogen-bond acceptors (Lipinski definition) is 4. The molecular weight excluding hydrogens is 212 g/mol. The number of unbranched alkanes of at least 4 members (excludes halogenated alkanes) is 1. The van der Waals surface area contributed by atoms with Crippen LogP contribution in [0.3, 0.4) is 0 Å². The molecule has 0 aromatic carbocycles. The zero-order valence-electron chi connectivity index (χ0n) is 10.1. The van der Waals surface area contributed by atoms with Gasteiger partial charge < -0.3 is 19.3 Å². The van der Waals surface area contributed by atoms with Crippen molar-refractivity contribution in [2.45, 2.75) is 39.2 Å². The molecule has 0 radical (unpaired) electrons. The molecule has 1 N–H and O–H groups in total. The summed E-state index contributed by atoms with van der Waals surface area (Å²) < 4.78 is 15.1. The molecule has 1 unspecified atom stereocenters. The van der Waals surface area contributed by atoms with E-state index in [9.17, 15) is 4.79 Å². The molecule has 0 saturated carbocycles. The lowest BCUT2D eigenvalue weighted by molar-refractivity contribution is 0.0186. The van der Waals surface area contributed by atoms with Crippen LogP contribution in [0.5, 0.6) is 0 Å². The third kappa shape index (κ3) is 11.3. The Kier molecular flexibility index (Phi) is 10.2. The van der Waals surface area contributed by atoms with E-state index in [0.29, 0.717) is 26.2 Å². The summed E-state index contributed by atoms with van der Waals surface area (Å²) in [6, 6.07) is 0. The van der Waals surface area contributed by atoms with Gasteiger partial charge in [0.1, 0.15) is 6.10 Å². The van der Waals surface area contributed by atoms with Crippen LogP contribution in [0.1, 0.15) is 33.1 Å². The van der Waals surface area contributed by atoms with Crippen molar-refractivity contribution in [1.29, 1.82) is 0 Å². The number of hydrogen-bond donors (Lipinski definition) is 1. The minimum atomic E-state index is -1.24. The molecule has 0 bridgehead atoms. The van der Waals surface area contributed by atoms with Crippen molar-refractivity contribution in [3.8, 4) is 0 Å². The van der Waals surface area contributed by atoms with E-state index >= 15 is 0 Å². The van der Waals surface area contributed by atoms with Crippen molar-refractivity contribution in [3.63, 3.8) is 0 Å². The van der Waals surface area contributed by atoms with Crippen LogP contribution in [-0.2, 0) is 14.2 Å². The van der Waals surface area contributed by atoms with E-state index < -0.39 is 6.16 Å². The number of ether oxygens (including phenoxy) is 3. The lowest BCUT2D eigenvalue weighted by Crippen LogP contribution is -2.16. The molecule has 0 aromatic heterocycles. The van der Waals surface area contributed by atoms with Gasteiger partial charge in [0.05, 0.1) is 19.8 Å². The Hall–Kier alpha value is -0.810. The second-order valence-corrected chi connectivity index (χ2v) is 3.56. The Labute approximate surface area is 96.7 Å². The molecule has 5 heteroatoms. The monoisotopic (exact) mass is 234 g/mol. The van der Waals surface area contributed by atoms with Crippen molar-refractivity contribution >= 4 is 6.16 Å². The van der Waals surface area contributed by atoms with E-state index in [2.05, 4.69) is 11.7 Å². The van der Waals surface area contributed by atoms with Crippen molar-refractivity contribution in [3.05, 3.63) is 0 Å². The smallest absolute Gasteiger partial charge is 0.450 e. The molecule has 0 rings (SSSR count). The van der Waals surface area contributed by atoms with Crippen molar-refractivity contribution in [2.24, 2.45) is 0 Å². The maximum atomic E-state index is 10.2. The molecule has 5 nitrogen and oxygen atoms in total. The SMILES string of the molecule is CCCCOCCOCCC(C)OC(=O)O. The Bertz CT molecular complexity index is 172. The van der Waals surface area contributed by atoms with Gasteiger partial charge in [-0.25, -0.2) is 4.79 Å². The Morgan fingerprint density at radius 1 is 1.19 bits per heavy atom. The fourth-order valence-corrected chi connectivity index (χ4v) is 1.05. The Balaban J connectivity index is 3.11. The summed E-state index contributed by atoms with van der Waals surface area (Å²) in [5, 5.41) is 8.32. The van der Waals surface area contributed by atoms with Crippen molar-refractivity contribution < 1.29 is 24.1 Å². The van der Waals surface area contributed by atoms with E-state index in [1.165, 1.54) is 0 Å². The summed E-state index contributed by atoms with van der Waals surface area (Å²) >= 11 is 0. The topological polar surface area (TPSA) is 65.0 Å². The van der Waals surface area contributed by atoms with Gasteiger partial charge in [0.25, 0.3) is 0 Å². The summed E-state index contributed by atoms with van der Waals surface area (Å²) in [4.78, 5) is 10.2. The fraction of sp³-hybridized carbons (Fsp3) is 0.909. The summed E-state index contributed by atoms with van der Waals surface area (Å²) in [7, 11) is 0. The largest absolute Gasteiger partial charge is 0.506 e. The van der Waals surface area contributed by atoms with Crippen LogP contribution in [0.15, 0.2) is 0 Å². The van der Waals surface area contributed by atoms with Crippen molar-refractivity contribution in [2.75, 3.05) is 26.4 Å². The van der Waals surface area contributed by atoms with Gasteiger partial charge in [-0.3, -0.25) is 0 Å². The minimum Gasteiger partial charge on any atom is -0.450 e. The van der Waals surface area contributed by atoms with Crippen LogP contribution in [0, 0.1) is 0 Å². The molecule has 0 spiro atoms. The van der Waals surface area contributed by atoms with Gasteiger partial charge in [-0.2, -0.15) is 0 Å². The first-order chi connectivity index (χ1) is 7.66. The molecule has 0 aliphatic carbocycles. The predicted octanol–water partition coefficient (Wildman–Crippen LogP) is 2.29. The quantitative estimate of drug-likeness (QED) is 0.464. The predicted molar refractivity (Wildman–Crippen MR) is 59.7 cm³/mol. The molecule has 0 aliphatic heterocycles. The van der Waals surface area contributed by atoms with E-state index in [1.54, 1.807) is 6.92 Å². The fourth-order valence-electron chi connectivity index (χ4n) is 1.05. The van der Waals surface area contributed by atoms with Gasteiger partial charge in [-0.15, -0.1) is 0 Å². The normalized spacial score (nSPS) is 12.4. The lowest BCUT2D eigenvalue weighted by atomic mass is 10.3. The first kappa shape index (κ1) is 15.2. The molecule has 16 heavy (non-hydrogen) atoms. The Morgan fingerprint density at radius 2 is 1.81 bits per heavy atom. The van der Waals surface area contributed by atoms with Crippen LogP contribution >= 0.6 is 0 Å².